The average Bonchev–Trinajstić information content (AvgIpc) is 2.63. The molecule has 1 N–H and O–H groups in total. The van der Waals surface area contributed by atoms with Crippen molar-refractivity contribution in [2.75, 3.05) is 36.6 Å². The largest absolute Gasteiger partial charge is 0.378 e. The minimum Gasteiger partial charge on any atom is -0.378 e. The Morgan fingerprint density at radius 1 is 1.04 bits per heavy atom. The molecule has 126 valence electrons. The Balaban J connectivity index is 1.67. The third kappa shape index (κ3) is 4.20. The third-order valence-electron chi connectivity index (χ3n) is 3.93. The van der Waals surface area contributed by atoms with Gasteiger partial charge in [-0.1, -0.05) is 35.3 Å². The molecule has 0 amide bonds. The summed E-state index contributed by atoms with van der Waals surface area (Å²) in [6.45, 7) is 5.41. The molecule has 0 atom stereocenters. The van der Waals surface area contributed by atoms with Gasteiger partial charge in [0.05, 0.1) is 34.7 Å². The molecule has 1 aliphatic rings. The predicted octanol–water partition coefficient (Wildman–Crippen LogP) is 4.67. The van der Waals surface area contributed by atoms with Crippen LogP contribution < -0.4 is 10.3 Å². The maximum atomic E-state index is 6.00. The number of morpholine rings is 1. The van der Waals surface area contributed by atoms with Crippen LogP contribution in [0.4, 0.5) is 11.4 Å². The molecular weight excluding hydrogens is 345 g/mol. The maximum Gasteiger partial charge on any atom is 0.0648 e. The summed E-state index contributed by atoms with van der Waals surface area (Å²) in [7, 11) is 0. The van der Waals surface area contributed by atoms with Crippen LogP contribution in [0.15, 0.2) is 47.6 Å². The van der Waals surface area contributed by atoms with Gasteiger partial charge in [-0.05, 0) is 42.8 Å². The number of nitrogens with one attached hydrogen (secondary N) is 1. The Kier molecular flexibility index (Phi) is 5.61. The second-order valence-corrected chi connectivity index (χ2v) is 6.40. The summed E-state index contributed by atoms with van der Waals surface area (Å²) in [5.41, 5.74) is 6.99. The van der Waals surface area contributed by atoms with Crippen molar-refractivity contribution in [2.45, 2.75) is 6.92 Å². The van der Waals surface area contributed by atoms with Crippen molar-refractivity contribution in [3.63, 3.8) is 0 Å². The first kappa shape index (κ1) is 17.1. The second-order valence-electron chi connectivity index (χ2n) is 5.58. The zero-order valence-electron chi connectivity index (χ0n) is 13.4. The highest BCUT2D eigenvalue weighted by molar-refractivity contribution is 6.42. The van der Waals surface area contributed by atoms with Gasteiger partial charge in [-0.3, -0.25) is 5.43 Å². The smallest absolute Gasteiger partial charge is 0.0648 e. The highest BCUT2D eigenvalue weighted by Gasteiger charge is 2.11. The topological polar surface area (TPSA) is 36.9 Å². The van der Waals surface area contributed by atoms with Gasteiger partial charge in [-0.25, -0.2) is 0 Å². The lowest BCUT2D eigenvalue weighted by Gasteiger charge is -2.28. The standard InChI is InChI=1S/C18H19Cl2N3O/c1-13(21-22-15-4-7-17(19)18(20)12-15)14-2-5-16(6-3-14)23-8-10-24-11-9-23/h2-7,12,22H,8-11H2,1H3. The summed E-state index contributed by atoms with van der Waals surface area (Å²) in [4.78, 5) is 2.33. The zero-order valence-corrected chi connectivity index (χ0v) is 14.9. The fourth-order valence-electron chi connectivity index (χ4n) is 2.51. The molecule has 4 nitrogen and oxygen atoms in total. The van der Waals surface area contributed by atoms with Gasteiger partial charge in [0.15, 0.2) is 0 Å². The Morgan fingerprint density at radius 2 is 1.75 bits per heavy atom. The Hall–Kier alpha value is -1.75. The molecule has 0 aliphatic carbocycles. The maximum absolute atomic E-state index is 6.00. The first-order valence-corrected chi connectivity index (χ1v) is 8.57. The van der Waals surface area contributed by atoms with E-state index in [0.29, 0.717) is 10.0 Å². The van der Waals surface area contributed by atoms with Crippen molar-refractivity contribution in [3.05, 3.63) is 58.1 Å². The highest BCUT2D eigenvalue weighted by atomic mass is 35.5. The van der Waals surface area contributed by atoms with Gasteiger partial charge in [0, 0.05) is 18.8 Å². The molecule has 1 saturated heterocycles. The van der Waals surface area contributed by atoms with Crippen molar-refractivity contribution in [3.8, 4) is 0 Å². The molecule has 6 heteroatoms. The van der Waals surface area contributed by atoms with Crippen LogP contribution in [0.3, 0.4) is 0 Å². The lowest BCUT2D eigenvalue weighted by Crippen LogP contribution is -2.36. The van der Waals surface area contributed by atoms with Crippen LogP contribution in [0.2, 0.25) is 10.0 Å². The molecular formula is C18H19Cl2N3O. The molecule has 2 aromatic rings. The van der Waals surface area contributed by atoms with E-state index in [1.807, 2.05) is 13.0 Å². The number of anilines is 2. The van der Waals surface area contributed by atoms with Gasteiger partial charge in [0.2, 0.25) is 0 Å². The quantitative estimate of drug-likeness (QED) is 0.633. The Labute approximate surface area is 152 Å². The molecule has 0 bridgehead atoms. The minimum atomic E-state index is 0.504. The molecule has 3 rings (SSSR count). The van der Waals surface area contributed by atoms with E-state index < -0.39 is 0 Å². The number of hydrazone groups is 1. The lowest BCUT2D eigenvalue weighted by atomic mass is 10.1. The van der Waals surface area contributed by atoms with Crippen molar-refractivity contribution in [2.24, 2.45) is 5.10 Å². The molecule has 1 aliphatic heterocycles. The van der Waals surface area contributed by atoms with E-state index in [9.17, 15) is 0 Å². The van der Waals surface area contributed by atoms with Gasteiger partial charge >= 0.3 is 0 Å². The summed E-state index contributed by atoms with van der Waals surface area (Å²) in [5.74, 6) is 0. The summed E-state index contributed by atoms with van der Waals surface area (Å²) >= 11 is 11.9. The van der Waals surface area contributed by atoms with Gasteiger partial charge in [-0.15, -0.1) is 0 Å². The van der Waals surface area contributed by atoms with E-state index in [2.05, 4.69) is 39.7 Å². The fraction of sp³-hybridized carbons (Fsp3) is 0.278. The number of nitrogens with zero attached hydrogens (tertiary/aromatic N) is 2. The Morgan fingerprint density at radius 3 is 2.42 bits per heavy atom. The molecule has 0 spiro atoms. The summed E-state index contributed by atoms with van der Waals surface area (Å²) in [6, 6.07) is 13.8. The summed E-state index contributed by atoms with van der Waals surface area (Å²) in [5, 5.41) is 5.44. The second kappa shape index (κ2) is 7.88. The molecule has 0 aromatic heterocycles. The van der Waals surface area contributed by atoms with Crippen LogP contribution in [0.1, 0.15) is 12.5 Å². The SMILES string of the molecule is CC(=NNc1ccc(Cl)c(Cl)c1)c1ccc(N2CCOCC2)cc1. The summed E-state index contributed by atoms with van der Waals surface area (Å²) in [6.07, 6.45) is 0. The highest BCUT2D eigenvalue weighted by Crippen LogP contribution is 2.25. The number of hydrogen-bond donors (Lipinski definition) is 1. The van der Waals surface area contributed by atoms with Crippen LogP contribution in [0, 0.1) is 0 Å². The molecule has 1 fully saturated rings. The van der Waals surface area contributed by atoms with Crippen LogP contribution >= 0.6 is 23.2 Å². The molecule has 0 radical (unpaired) electrons. The lowest BCUT2D eigenvalue weighted by molar-refractivity contribution is 0.122. The van der Waals surface area contributed by atoms with Crippen molar-refractivity contribution >= 4 is 40.3 Å². The van der Waals surface area contributed by atoms with Gasteiger partial charge in [0.25, 0.3) is 0 Å². The van der Waals surface area contributed by atoms with E-state index in [-0.39, 0.29) is 0 Å². The van der Waals surface area contributed by atoms with E-state index in [1.165, 1.54) is 5.69 Å². The first-order chi connectivity index (χ1) is 11.6. The van der Waals surface area contributed by atoms with E-state index in [0.717, 1.165) is 43.3 Å². The van der Waals surface area contributed by atoms with Crippen LogP contribution in [-0.4, -0.2) is 32.0 Å². The van der Waals surface area contributed by atoms with Crippen molar-refractivity contribution in [1.82, 2.24) is 0 Å². The number of ether oxygens (including phenoxy) is 1. The molecule has 0 unspecified atom stereocenters. The zero-order chi connectivity index (χ0) is 16.9. The van der Waals surface area contributed by atoms with Crippen LogP contribution in [0.25, 0.3) is 0 Å². The number of rotatable bonds is 4. The third-order valence-corrected chi connectivity index (χ3v) is 4.67. The van der Waals surface area contributed by atoms with Gasteiger partial charge in [-0.2, -0.15) is 5.10 Å². The van der Waals surface area contributed by atoms with Gasteiger partial charge < -0.3 is 9.64 Å². The molecule has 1 heterocycles. The first-order valence-electron chi connectivity index (χ1n) is 7.82. The predicted molar refractivity (Wildman–Crippen MR) is 102 cm³/mol. The van der Waals surface area contributed by atoms with Crippen LogP contribution in [-0.2, 0) is 4.74 Å². The van der Waals surface area contributed by atoms with Crippen molar-refractivity contribution in [1.29, 1.82) is 0 Å². The number of hydrogen-bond acceptors (Lipinski definition) is 4. The molecule has 0 saturated carbocycles. The monoisotopic (exact) mass is 363 g/mol. The number of benzene rings is 2. The Bertz CT molecular complexity index is 726. The van der Waals surface area contributed by atoms with E-state index in [4.69, 9.17) is 27.9 Å². The van der Waals surface area contributed by atoms with Crippen molar-refractivity contribution < 1.29 is 4.74 Å². The fourth-order valence-corrected chi connectivity index (χ4v) is 2.81. The van der Waals surface area contributed by atoms with Crippen LogP contribution in [0.5, 0.6) is 0 Å². The minimum absolute atomic E-state index is 0.504. The van der Waals surface area contributed by atoms with E-state index in [1.54, 1.807) is 12.1 Å². The average molecular weight is 364 g/mol. The normalized spacial score (nSPS) is 15.5. The number of halogens is 2. The molecule has 24 heavy (non-hydrogen) atoms. The van der Waals surface area contributed by atoms with E-state index >= 15 is 0 Å². The molecule has 2 aromatic carbocycles. The van der Waals surface area contributed by atoms with Gasteiger partial charge in [0.1, 0.15) is 0 Å². The summed E-state index contributed by atoms with van der Waals surface area (Å²) < 4.78 is 5.39.